The number of aromatic nitrogens is 2. The van der Waals surface area contributed by atoms with Crippen LogP contribution in [-0.2, 0) is 19.3 Å². The minimum Gasteiger partial charge on any atom is -0.396 e. The molecule has 5 rings (SSSR count). The Kier molecular flexibility index (Phi) is 5.86. The summed E-state index contributed by atoms with van der Waals surface area (Å²) in [6.07, 6.45) is 9.01. The number of rotatable bonds is 2. The van der Waals surface area contributed by atoms with E-state index in [-0.39, 0.29) is 6.61 Å². The largest absolute Gasteiger partial charge is 0.396 e. The minimum absolute atomic E-state index is 0.257. The van der Waals surface area contributed by atoms with Crippen LogP contribution in [0.15, 0.2) is 72.3 Å². The molecule has 2 aliphatic rings. The van der Waals surface area contributed by atoms with Crippen molar-refractivity contribution >= 4 is 0 Å². The predicted octanol–water partition coefficient (Wildman–Crippen LogP) is 5.29. The topological polar surface area (TPSA) is 46.0 Å². The van der Waals surface area contributed by atoms with Crippen LogP contribution in [0.25, 0.3) is 11.1 Å². The van der Waals surface area contributed by atoms with E-state index in [1.54, 1.807) is 29.6 Å². The number of aliphatic hydroxyl groups is 1. The Morgan fingerprint density at radius 3 is 2.41 bits per heavy atom. The molecule has 0 radical (unpaired) electrons. The van der Waals surface area contributed by atoms with E-state index in [1.807, 2.05) is 0 Å². The highest BCUT2D eigenvalue weighted by Crippen LogP contribution is 2.43. The van der Waals surface area contributed by atoms with Crippen molar-refractivity contribution in [3.8, 4) is 11.1 Å². The van der Waals surface area contributed by atoms with Gasteiger partial charge >= 0.3 is 0 Å². The van der Waals surface area contributed by atoms with Gasteiger partial charge < -0.3 is 5.11 Å². The fourth-order valence-electron chi connectivity index (χ4n) is 4.69. The first-order chi connectivity index (χ1) is 14.2. The summed E-state index contributed by atoms with van der Waals surface area (Å²) in [5.41, 5.74) is 11.8. The molecule has 1 aromatic heterocycles. The third-order valence-electron chi connectivity index (χ3n) is 6.37. The van der Waals surface area contributed by atoms with Gasteiger partial charge in [-0.1, -0.05) is 54.5 Å². The van der Waals surface area contributed by atoms with Gasteiger partial charge in [0.2, 0.25) is 0 Å². The predicted molar refractivity (Wildman–Crippen MR) is 118 cm³/mol. The van der Waals surface area contributed by atoms with Gasteiger partial charge in [0.1, 0.15) is 6.33 Å². The second-order valence-electron chi connectivity index (χ2n) is 7.88. The van der Waals surface area contributed by atoms with E-state index in [0.29, 0.717) is 5.92 Å². The van der Waals surface area contributed by atoms with E-state index in [4.69, 9.17) is 0 Å². The first-order valence-electron chi connectivity index (χ1n) is 10.4. The lowest BCUT2D eigenvalue weighted by Crippen LogP contribution is -2.17. The van der Waals surface area contributed by atoms with Crippen LogP contribution < -0.4 is 0 Å². The molecule has 3 heteroatoms. The zero-order valence-electron chi connectivity index (χ0n) is 17.2. The van der Waals surface area contributed by atoms with Gasteiger partial charge in [-0.3, -0.25) is 0 Å². The van der Waals surface area contributed by atoms with Gasteiger partial charge in [-0.25, -0.2) is 9.97 Å². The Hall–Kier alpha value is -2.78. The Labute approximate surface area is 173 Å². The maximum Gasteiger partial charge on any atom is 0.115 e. The number of hydrogen-bond acceptors (Lipinski definition) is 3. The monoisotopic (exact) mass is 384 g/mol. The van der Waals surface area contributed by atoms with Crippen molar-refractivity contribution in [2.24, 2.45) is 0 Å². The highest BCUT2D eigenvalue weighted by molar-refractivity contribution is 5.75. The summed E-state index contributed by atoms with van der Waals surface area (Å²) < 4.78 is 0. The van der Waals surface area contributed by atoms with Gasteiger partial charge in [0.25, 0.3) is 0 Å². The van der Waals surface area contributed by atoms with Crippen molar-refractivity contribution in [1.82, 2.24) is 9.97 Å². The molecule has 1 atom stereocenters. The van der Waals surface area contributed by atoms with E-state index < -0.39 is 0 Å². The number of aryl methyl sites for hydroxylation is 1. The number of nitrogens with zero attached hydrogens (tertiary/aromatic N) is 2. The molecule has 148 valence electrons. The molecule has 0 saturated carbocycles. The van der Waals surface area contributed by atoms with Crippen LogP contribution in [0.3, 0.4) is 0 Å². The normalized spacial score (nSPS) is 16.9. The molecule has 2 aliphatic carbocycles. The van der Waals surface area contributed by atoms with Crippen LogP contribution in [0, 0.1) is 0 Å². The molecule has 0 fully saturated rings. The maximum atomic E-state index is 9.40. The highest BCUT2D eigenvalue weighted by Gasteiger charge is 2.27. The summed E-state index contributed by atoms with van der Waals surface area (Å²) in [6.45, 7) is 4.81. The Morgan fingerprint density at radius 1 is 0.931 bits per heavy atom. The van der Waals surface area contributed by atoms with Crippen molar-refractivity contribution in [3.05, 3.63) is 94.6 Å². The zero-order chi connectivity index (χ0) is 20.2. The molecule has 0 saturated heterocycles. The molecule has 0 bridgehead atoms. The van der Waals surface area contributed by atoms with Crippen LogP contribution in [0.1, 0.15) is 48.4 Å². The van der Waals surface area contributed by atoms with Gasteiger partial charge in [-0.15, -0.1) is 0 Å². The van der Waals surface area contributed by atoms with Crippen molar-refractivity contribution in [1.29, 1.82) is 0 Å². The van der Waals surface area contributed by atoms with E-state index in [0.717, 1.165) is 25.7 Å². The molecule has 0 spiro atoms. The number of fused-ring (bicyclic) bond motifs is 5. The second-order valence-corrected chi connectivity index (χ2v) is 7.88. The molecular formula is C26H28N2O. The van der Waals surface area contributed by atoms with Gasteiger partial charge in [0.15, 0.2) is 0 Å². The molecule has 0 amide bonds. The van der Waals surface area contributed by atoms with Crippen molar-refractivity contribution in [2.45, 2.75) is 45.4 Å². The van der Waals surface area contributed by atoms with Crippen LogP contribution in [0.4, 0.5) is 0 Å². The molecule has 1 N–H and O–H groups in total. The summed E-state index contributed by atoms with van der Waals surface area (Å²) in [6, 6.07) is 15.3. The van der Waals surface area contributed by atoms with Crippen molar-refractivity contribution in [3.63, 3.8) is 0 Å². The van der Waals surface area contributed by atoms with Gasteiger partial charge in [0, 0.05) is 24.9 Å². The third kappa shape index (κ3) is 3.88. The Bertz CT molecular complexity index is 997. The fourth-order valence-corrected chi connectivity index (χ4v) is 4.69. The molecule has 3 aromatic rings. The quantitative estimate of drug-likeness (QED) is 0.611. The molecular weight excluding hydrogens is 356 g/mol. The Balaban J connectivity index is 0.000000294. The van der Waals surface area contributed by atoms with E-state index in [9.17, 15) is 5.11 Å². The first kappa shape index (κ1) is 19.5. The number of benzene rings is 2. The molecule has 2 aromatic carbocycles. The van der Waals surface area contributed by atoms with Gasteiger partial charge in [0.05, 0.1) is 0 Å². The molecule has 3 nitrogen and oxygen atoms in total. The van der Waals surface area contributed by atoms with Crippen molar-refractivity contribution in [2.75, 3.05) is 6.61 Å². The maximum absolute atomic E-state index is 9.40. The molecule has 1 unspecified atom stereocenters. The van der Waals surface area contributed by atoms with E-state index in [2.05, 4.69) is 60.2 Å². The number of hydrogen-bond donors (Lipinski definition) is 1. The third-order valence-corrected chi connectivity index (χ3v) is 6.37. The van der Waals surface area contributed by atoms with Gasteiger partial charge in [-0.2, -0.15) is 0 Å². The standard InChI is InChI=1S/C22H24O.C4H4N2/c1-14-15(2)18-9-10-20-19-6-4-3-5-16(19)7-8-21(20)22(18)13-17(14)11-12-23;1-2-5-4-6-3-1/h3-6,9-10,15,23H,7-8,11-13H2,1-2H3;1-4H. The lowest BCUT2D eigenvalue weighted by atomic mass is 9.73. The zero-order valence-corrected chi connectivity index (χ0v) is 17.2. The van der Waals surface area contributed by atoms with Crippen LogP contribution in [-0.4, -0.2) is 21.7 Å². The summed E-state index contributed by atoms with van der Waals surface area (Å²) in [5.74, 6) is 0.475. The fraction of sp³-hybridized carbons (Fsp3) is 0.308. The Morgan fingerprint density at radius 2 is 1.72 bits per heavy atom. The highest BCUT2D eigenvalue weighted by atomic mass is 16.2. The number of aliphatic hydroxyl groups excluding tert-OH is 1. The molecule has 0 aliphatic heterocycles. The van der Waals surface area contributed by atoms with Crippen LogP contribution >= 0.6 is 0 Å². The first-order valence-corrected chi connectivity index (χ1v) is 10.4. The van der Waals surface area contributed by atoms with Crippen LogP contribution in [0.5, 0.6) is 0 Å². The van der Waals surface area contributed by atoms with E-state index >= 15 is 0 Å². The lowest BCUT2D eigenvalue weighted by Gasteiger charge is -2.32. The average Bonchev–Trinajstić information content (AvgIpc) is 2.78. The SMILES string of the molecule is CC1=C(CCO)Cc2c(ccc3c2CCc2ccccc2-3)C1C.c1cncnc1. The summed E-state index contributed by atoms with van der Waals surface area (Å²) in [4.78, 5) is 7.35. The number of allylic oxidation sites excluding steroid dienone is 1. The second kappa shape index (κ2) is 8.71. The van der Waals surface area contributed by atoms with Crippen LogP contribution in [0.2, 0.25) is 0 Å². The lowest BCUT2D eigenvalue weighted by molar-refractivity contribution is 0.297. The average molecular weight is 385 g/mol. The summed E-state index contributed by atoms with van der Waals surface area (Å²) in [7, 11) is 0. The smallest absolute Gasteiger partial charge is 0.115 e. The molecule has 29 heavy (non-hydrogen) atoms. The summed E-state index contributed by atoms with van der Waals surface area (Å²) >= 11 is 0. The van der Waals surface area contributed by atoms with Crippen molar-refractivity contribution < 1.29 is 5.11 Å². The van der Waals surface area contributed by atoms with Gasteiger partial charge in [-0.05, 0) is 72.1 Å². The summed E-state index contributed by atoms with van der Waals surface area (Å²) in [5, 5.41) is 9.40. The minimum atomic E-state index is 0.257. The van der Waals surface area contributed by atoms with E-state index in [1.165, 1.54) is 39.7 Å². The molecule has 1 heterocycles.